The number of carbonyl (C=O) groups excluding carboxylic acids is 1. The number of likely N-dealkylation sites (tertiary alicyclic amines) is 1. The molecule has 0 bridgehead atoms. The van der Waals surface area contributed by atoms with Crippen LogP contribution in [0, 0.1) is 0 Å². The number of piperidine rings is 1. The van der Waals surface area contributed by atoms with Crippen LogP contribution in [-0.4, -0.2) is 43.8 Å². The van der Waals surface area contributed by atoms with Gasteiger partial charge in [0, 0.05) is 49.9 Å². The lowest BCUT2D eigenvalue weighted by Gasteiger charge is -2.31. The van der Waals surface area contributed by atoms with Crippen molar-refractivity contribution in [3.63, 3.8) is 0 Å². The predicted molar refractivity (Wildman–Crippen MR) is 104 cm³/mol. The SMILES string of the molecule is O=C(/C=C/c1ccco1)N1CCC(c2nccnc2Nc2ncccn2)CC1. The molecule has 142 valence electrons. The Morgan fingerprint density at radius 1 is 1.07 bits per heavy atom. The summed E-state index contributed by atoms with van der Waals surface area (Å²) >= 11 is 0. The molecule has 1 aliphatic rings. The second kappa shape index (κ2) is 8.43. The van der Waals surface area contributed by atoms with Crippen LogP contribution in [-0.2, 0) is 4.79 Å². The molecule has 1 aliphatic heterocycles. The maximum absolute atomic E-state index is 12.4. The lowest BCUT2D eigenvalue weighted by Crippen LogP contribution is -2.37. The molecule has 3 aromatic rings. The summed E-state index contributed by atoms with van der Waals surface area (Å²) < 4.78 is 5.22. The van der Waals surface area contributed by atoms with Gasteiger partial charge in [-0.05, 0) is 37.1 Å². The van der Waals surface area contributed by atoms with Crippen LogP contribution in [0.1, 0.15) is 30.2 Å². The van der Waals surface area contributed by atoms with Crippen molar-refractivity contribution in [3.05, 3.63) is 66.8 Å². The van der Waals surface area contributed by atoms with Gasteiger partial charge in [-0.1, -0.05) is 0 Å². The Balaban J connectivity index is 1.39. The van der Waals surface area contributed by atoms with Crippen LogP contribution in [0.15, 0.2) is 59.7 Å². The number of carbonyl (C=O) groups is 1. The quantitative estimate of drug-likeness (QED) is 0.684. The molecule has 1 fully saturated rings. The van der Waals surface area contributed by atoms with Crippen LogP contribution in [0.3, 0.4) is 0 Å². The highest BCUT2D eigenvalue weighted by Gasteiger charge is 2.26. The van der Waals surface area contributed by atoms with Gasteiger partial charge in [0.1, 0.15) is 5.76 Å². The van der Waals surface area contributed by atoms with Crippen molar-refractivity contribution in [2.45, 2.75) is 18.8 Å². The molecular weight excluding hydrogens is 356 g/mol. The number of hydrogen-bond acceptors (Lipinski definition) is 7. The third-order valence-electron chi connectivity index (χ3n) is 4.65. The number of furan rings is 1. The highest BCUT2D eigenvalue weighted by Crippen LogP contribution is 2.31. The van der Waals surface area contributed by atoms with Crippen LogP contribution >= 0.6 is 0 Å². The molecule has 28 heavy (non-hydrogen) atoms. The smallest absolute Gasteiger partial charge is 0.246 e. The third kappa shape index (κ3) is 4.22. The highest BCUT2D eigenvalue weighted by molar-refractivity contribution is 5.91. The molecule has 1 amide bonds. The van der Waals surface area contributed by atoms with Crippen molar-refractivity contribution >= 4 is 23.7 Å². The van der Waals surface area contributed by atoms with E-state index in [1.54, 1.807) is 55.3 Å². The lowest BCUT2D eigenvalue weighted by molar-refractivity contribution is -0.126. The fraction of sp³-hybridized carbons (Fsp3) is 0.250. The molecule has 0 aromatic carbocycles. The van der Waals surface area contributed by atoms with Gasteiger partial charge < -0.3 is 14.6 Å². The van der Waals surface area contributed by atoms with Crippen LogP contribution in [0.5, 0.6) is 0 Å². The number of rotatable bonds is 5. The molecule has 0 aliphatic carbocycles. The van der Waals surface area contributed by atoms with Gasteiger partial charge in [-0.15, -0.1) is 0 Å². The van der Waals surface area contributed by atoms with Crippen molar-refractivity contribution < 1.29 is 9.21 Å². The number of aromatic nitrogens is 4. The van der Waals surface area contributed by atoms with E-state index in [-0.39, 0.29) is 11.8 Å². The van der Waals surface area contributed by atoms with Gasteiger partial charge in [-0.3, -0.25) is 9.78 Å². The molecule has 8 nitrogen and oxygen atoms in total. The molecule has 8 heteroatoms. The summed E-state index contributed by atoms with van der Waals surface area (Å²) in [5.74, 6) is 2.03. The lowest BCUT2D eigenvalue weighted by atomic mass is 9.93. The highest BCUT2D eigenvalue weighted by atomic mass is 16.3. The fourth-order valence-corrected chi connectivity index (χ4v) is 3.23. The first-order chi connectivity index (χ1) is 13.8. The number of amides is 1. The summed E-state index contributed by atoms with van der Waals surface area (Å²) in [6.07, 6.45) is 13.2. The van der Waals surface area contributed by atoms with E-state index in [0.29, 0.717) is 30.6 Å². The Bertz CT molecular complexity index is 934. The van der Waals surface area contributed by atoms with E-state index in [2.05, 4.69) is 25.3 Å². The normalized spacial score (nSPS) is 15.1. The van der Waals surface area contributed by atoms with Gasteiger partial charge in [0.25, 0.3) is 0 Å². The third-order valence-corrected chi connectivity index (χ3v) is 4.65. The largest absolute Gasteiger partial charge is 0.465 e. The number of nitrogens with one attached hydrogen (secondary N) is 1. The van der Waals surface area contributed by atoms with E-state index in [1.807, 2.05) is 11.0 Å². The Morgan fingerprint density at radius 3 is 2.61 bits per heavy atom. The first-order valence-electron chi connectivity index (χ1n) is 9.15. The minimum atomic E-state index is -0.00923. The van der Waals surface area contributed by atoms with Gasteiger partial charge in [-0.2, -0.15) is 0 Å². The van der Waals surface area contributed by atoms with Gasteiger partial charge in [0.05, 0.1) is 12.0 Å². The van der Waals surface area contributed by atoms with Crippen molar-refractivity contribution in [1.82, 2.24) is 24.8 Å². The Labute approximate surface area is 162 Å². The molecule has 0 saturated carbocycles. The summed E-state index contributed by atoms with van der Waals surface area (Å²) in [4.78, 5) is 31.5. The summed E-state index contributed by atoms with van der Waals surface area (Å²) in [6, 6.07) is 5.37. The second-order valence-corrected chi connectivity index (χ2v) is 6.44. The zero-order valence-electron chi connectivity index (χ0n) is 15.2. The van der Waals surface area contributed by atoms with E-state index in [4.69, 9.17) is 4.42 Å². The van der Waals surface area contributed by atoms with Crippen molar-refractivity contribution in [1.29, 1.82) is 0 Å². The van der Waals surface area contributed by atoms with Crippen LogP contribution in [0.25, 0.3) is 6.08 Å². The molecule has 4 heterocycles. The number of anilines is 2. The monoisotopic (exact) mass is 376 g/mol. The summed E-state index contributed by atoms with van der Waals surface area (Å²) in [7, 11) is 0. The Morgan fingerprint density at radius 2 is 1.86 bits per heavy atom. The zero-order valence-corrected chi connectivity index (χ0v) is 15.2. The molecule has 1 N–H and O–H groups in total. The average Bonchev–Trinajstić information content (AvgIpc) is 3.27. The molecule has 0 atom stereocenters. The second-order valence-electron chi connectivity index (χ2n) is 6.44. The molecule has 0 spiro atoms. The zero-order chi connectivity index (χ0) is 19.2. The van der Waals surface area contributed by atoms with E-state index in [0.717, 1.165) is 18.5 Å². The van der Waals surface area contributed by atoms with E-state index < -0.39 is 0 Å². The van der Waals surface area contributed by atoms with Crippen LogP contribution in [0.2, 0.25) is 0 Å². The van der Waals surface area contributed by atoms with Crippen molar-refractivity contribution in [2.24, 2.45) is 0 Å². The summed E-state index contributed by atoms with van der Waals surface area (Å²) in [6.45, 7) is 1.34. The summed E-state index contributed by atoms with van der Waals surface area (Å²) in [5.41, 5.74) is 0.883. The molecule has 0 radical (unpaired) electrons. The van der Waals surface area contributed by atoms with Crippen molar-refractivity contribution in [3.8, 4) is 0 Å². The minimum Gasteiger partial charge on any atom is -0.465 e. The minimum absolute atomic E-state index is 0.00923. The molecular formula is C20H20N6O2. The molecule has 4 rings (SSSR count). The topological polar surface area (TPSA) is 97.0 Å². The maximum Gasteiger partial charge on any atom is 0.246 e. The van der Waals surface area contributed by atoms with Crippen LogP contribution < -0.4 is 5.32 Å². The van der Waals surface area contributed by atoms with Gasteiger partial charge in [-0.25, -0.2) is 15.0 Å². The van der Waals surface area contributed by atoms with Gasteiger partial charge in [0.2, 0.25) is 11.9 Å². The first kappa shape index (κ1) is 17.8. The molecule has 0 unspecified atom stereocenters. The fourth-order valence-electron chi connectivity index (χ4n) is 3.23. The number of hydrogen-bond donors (Lipinski definition) is 1. The molecule has 3 aromatic heterocycles. The maximum atomic E-state index is 12.4. The van der Waals surface area contributed by atoms with Crippen molar-refractivity contribution in [2.75, 3.05) is 18.4 Å². The van der Waals surface area contributed by atoms with E-state index in [1.165, 1.54) is 0 Å². The number of nitrogens with zero attached hydrogens (tertiary/aromatic N) is 5. The predicted octanol–water partition coefficient (Wildman–Crippen LogP) is 3.02. The Hall–Kier alpha value is -3.55. The van der Waals surface area contributed by atoms with Crippen LogP contribution in [0.4, 0.5) is 11.8 Å². The standard InChI is InChI=1S/C20H20N6O2/c27-17(5-4-16-3-1-14-28-16)26-12-6-15(7-13-26)18-19(22-11-10-21-18)25-20-23-8-2-9-24-20/h1-5,8-11,14-15H,6-7,12-13H2,(H,22,23,24,25)/b5-4+. The van der Waals surface area contributed by atoms with E-state index >= 15 is 0 Å². The average molecular weight is 376 g/mol. The van der Waals surface area contributed by atoms with E-state index in [9.17, 15) is 4.79 Å². The van der Waals surface area contributed by atoms with Gasteiger partial charge in [0.15, 0.2) is 5.82 Å². The first-order valence-corrected chi connectivity index (χ1v) is 9.15. The molecule has 1 saturated heterocycles. The summed E-state index contributed by atoms with van der Waals surface area (Å²) in [5, 5.41) is 3.14. The van der Waals surface area contributed by atoms with Gasteiger partial charge >= 0.3 is 0 Å². The Kier molecular flexibility index (Phi) is 5.37.